The Morgan fingerprint density at radius 2 is 2.42 bits per heavy atom. The number of likely N-dealkylation sites (tertiary alicyclic amines) is 1. The monoisotopic (exact) mass is 349 g/mol. The summed E-state index contributed by atoms with van der Waals surface area (Å²) in [6.07, 6.45) is 2.23. The standard InChI is InChI=1S/C17H20FN3O2S/c1-2-14(16-19-6-7-24-16)20-17(23)21-10-13(22)9-15(21)11-4-3-5-12(18)8-11/h3-8,13-15,22H,2,9-10H2,1H3,(H,20,23)/t13-,14-,15-/m0/s1. The van der Waals surface area contributed by atoms with E-state index in [2.05, 4.69) is 10.3 Å². The highest BCUT2D eigenvalue weighted by Gasteiger charge is 2.36. The van der Waals surface area contributed by atoms with Crippen LogP contribution in [0.4, 0.5) is 9.18 Å². The summed E-state index contributed by atoms with van der Waals surface area (Å²) in [5.41, 5.74) is 0.698. The first kappa shape index (κ1) is 16.9. The van der Waals surface area contributed by atoms with E-state index in [0.29, 0.717) is 12.0 Å². The van der Waals surface area contributed by atoms with Crippen LogP contribution in [0.25, 0.3) is 0 Å². The lowest BCUT2D eigenvalue weighted by Gasteiger charge is -2.27. The van der Waals surface area contributed by atoms with Gasteiger partial charge in [-0.2, -0.15) is 0 Å². The van der Waals surface area contributed by atoms with Crippen molar-refractivity contribution >= 4 is 17.4 Å². The Morgan fingerprint density at radius 3 is 3.08 bits per heavy atom. The Balaban J connectivity index is 1.77. The van der Waals surface area contributed by atoms with Gasteiger partial charge in [-0.15, -0.1) is 11.3 Å². The van der Waals surface area contributed by atoms with E-state index in [4.69, 9.17) is 0 Å². The molecule has 1 saturated heterocycles. The van der Waals surface area contributed by atoms with E-state index >= 15 is 0 Å². The summed E-state index contributed by atoms with van der Waals surface area (Å²) < 4.78 is 13.5. The average molecular weight is 349 g/mol. The number of aromatic nitrogens is 1. The van der Waals surface area contributed by atoms with Crippen LogP contribution >= 0.6 is 11.3 Å². The molecule has 1 fully saturated rings. The number of nitrogens with one attached hydrogen (secondary N) is 1. The first-order valence-electron chi connectivity index (χ1n) is 7.98. The first-order chi connectivity index (χ1) is 11.6. The van der Waals surface area contributed by atoms with E-state index in [1.54, 1.807) is 23.2 Å². The first-order valence-corrected chi connectivity index (χ1v) is 8.86. The normalized spacial score (nSPS) is 21.7. The van der Waals surface area contributed by atoms with E-state index < -0.39 is 6.10 Å². The third-order valence-electron chi connectivity index (χ3n) is 4.23. The molecule has 2 heterocycles. The van der Waals surface area contributed by atoms with Gasteiger partial charge < -0.3 is 15.3 Å². The summed E-state index contributed by atoms with van der Waals surface area (Å²) in [6, 6.07) is 5.44. The molecule has 0 bridgehead atoms. The Hall–Kier alpha value is -1.99. The molecule has 128 valence electrons. The molecule has 3 rings (SSSR count). The zero-order chi connectivity index (χ0) is 17.1. The number of thiazole rings is 1. The quantitative estimate of drug-likeness (QED) is 0.890. The number of nitrogens with zero attached hydrogens (tertiary/aromatic N) is 2. The zero-order valence-corrected chi connectivity index (χ0v) is 14.2. The Kier molecular flexibility index (Phi) is 5.11. The maximum absolute atomic E-state index is 13.5. The number of hydrogen-bond donors (Lipinski definition) is 2. The minimum absolute atomic E-state index is 0.164. The van der Waals surface area contributed by atoms with Crippen LogP contribution in [0.5, 0.6) is 0 Å². The van der Waals surface area contributed by atoms with Crippen LogP contribution in [0.1, 0.15) is 42.4 Å². The highest BCUT2D eigenvalue weighted by molar-refractivity contribution is 7.09. The molecule has 24 heavy (non-hydrogen) atoms. The summed E-state index contributed by atoms with van der Waals surface area (Å²) >= 11 is 1.50. The Bertz CT molecular complexity index is 695. The third-order valence-corrected chi connectivity index (χ3v) is 5.12. The van der Waals surface area contributed by atoms with Gasteiger partial charge in [0, 0.05) is 18.1 Å². The molecular formula is C17H20FN3O2S. The molecule has 0 saturated carbocycles. The molecule has 2 amide bonds. The molecule has 1 aromatic heterocycles. The molecule has 2 N–H and O–H groups in total. The molecule has 0 radical (unpaired) electrons. The van der Waals surface area contributed by atoms with E-state index in [1.165, 1.54) is 23.5 Å². The molecular weight excluding hydrogens is 329 g/mol. The number of benzene rings is 1. The Labute approximate surface area is 144 Å². The van der Waals surface area contributed by atoms with Gasteiger partial charge in [0.1, 0.15) is 10.8 Å². The lowest BCUT2D eigenvalue weighted by Crippen LogP contribution is -2.41. The van der Waals surface area contributed by atoms with Crippen molar-refractivity contribution in [3.63, 3.8) is 0 Å². The van der Waals surface area contributed by atoms with Crippen molar-refractivity contribution < 1.29 is 14.3 Å². The van der Waals surface area contributed by atoms with E-state index in [9.17, 15) is 14.3 Å². The highest BCUT2D eigenvalue weighted by atomic mass is 32.1. The van der Waals surface area contributed by atoms with Crippen molar-refractivity contribution in [2.24, 2.45) is 0 Å². The predicted molar refractivity (Wildman–Crippen MR) is 90.1 cm³/mol. The smallest absolute Gasteiger partial charge is 0.318 e. The number of aliphatic hydroxyl groups is 1. The summed E-state index contributed by atoms with van der Waals surface area (Å²) in [7, 11) is 0. The average Bonchev–Trinajstić information content (AvgIpc) is 3.22. The van der Waals surface area contributed by atoms with Gasteiger partial charge in [0.25, 0.3) is 0 Å². The Morgan fingerprint density at radius 1 is 1.58 bits per heavy atom. The molecule has 0 spiro atoms. The number of amides is 2. The minimum atomic E-state index is -0.607. The molecule has 0 aliphatic carbocycles. The molecule has 1 aromatic carbocycles. The summed E-state index contributed by atoms with van der Waals surface area (Å²) in [5.74, 6) is -0.344. The number of urea groups is 1. The fourth-order valence-corrected chi connectivity index (χ4v) is 3.82. The van der Waals surface area contributed by atoms with Crippen molar-refractivity contribution in [3.05, 3.63) is 52.2 Å². The predicted octanol–water partition coefficient (Wildman–Crippen LogP) is 3.25. The highest BCUT2D eigenvalue weighted by Crippen LogP contribution is 2.33. The van der Waals surface area contributed by atoms with Gasteiger partial charge in [0.15, 0.2) is 0 Å². The number of carbonyl (C=O) groups is 1. The van der Waals surface area contributed by atoms with E-state index in [-0.39, 0.29) is 30.5 Å². The van der Waals surface area contributed by atoms with Crippen molar-refractivity contribution in [3.8, 4) is 0 Å². The maximum Gasteiger partial charge on any atom is 0.318 e. The number of aliphatic hydroxyl groups excluding tert-OH is 1. The molecule has 1 aliphatic heterocycles. The van der Waals surface area contributed by atoms with Crippen molar-refractivity contribution in [2.45, 2.75) is 38.0 Å². The number of β-amino-alcohol motifs (C(OH)–C–C–N with tert-alkyl or cyclic N) is 1. The third kappa shape index (κ3) is 3.57. The number of carbonyl (C=O) groups excluding carboxylic acids is 1. The summed E-state index contributed by atoms with van der Waals surface area (Å²) in [5, 5.41) is 15.7. The van der Waals surface area contributed by atoms with Crippen LogP contribution in [-0.4, -0.2) is 33.7 Å². The van der Waals surface area contributed by atoms with Gasteiger partial charge in [0.05, 0.1) is 18.2 Å². The van der Waals surface area contributed by atoms with Crippen LogP contribution in [-0.2, 0) is 0 Å². The van der Waals surface area contributed by atoms with Crippen molar-refractivity contribution in [2.75, 3.05) is 6.54 Å². The summed E-state index contributed by atoms with van der Waals surface area (Å²) in [6.45, 7) is 2.22. The second kappa shape index (κ2) is 7.27. The number of halogens is 1. The van der Waals surface area contributed by atoms with Gasteiger partial charge in [-0.1, -0.05) is 19.1 Å². The van der Waals surface area contributed by atoms with Crippen LogP contribution in [0.3, 0.4) is 0 Å². The molecule has 7 heteroatoms. The zero-order valence-electron chi connectivity index (χ0n) is 13.4. The van der Waals surface area contributed by atoms with Gasteiger partial charge in [-0.25, -0.2) is 14.2 Å². The second-order valence-corrected chi connectivity index (χ2v) is 6.82. The van der Waals surface area contributed by atoms with Gasteiger partial charge in [-0.05, 0) is 30.5 Å². The van der Waals surface area contributed by atoms with Crippen LogP contribution in [0.2, 0.25) is 0 Å². The van der Waals surface area contributed by atoms with Gasteiger partial charge in [-0.3, -0.25) is 0 Å². The molecule has 3 atom stereocenters. The second-order valence-electron chi connectivity index (χ2n) is 5.89. The van der Waals surface area contributed by atoms with Crippen LogP contribution in [0, 0.1) is 5.82 Å². The van der Waals surface area contributed by atoms with Crippen LogP contribution < -0.4 is 5.32 Å². The lowest BCUT2D eigenvalue weighted by molar-refractivity contribution is 0.167. The number of hydrogen-bond acceptors (Lipinski definition) is 4. The molecule has 1 aliphatic rings. The molecule has 2 aromatic rings. The van der Waals surface area contributed by atoms with Crippen LogP contribution in [0.15, 0.2) is 35.8 Å². The molecule has 5 nitrogen and oxygen atoms in total. The topological polar surface area (TPSA) is 65.5 Å². The van der Waals surface area contributed by atoms with Gasteiger partial charge >= 0.3 is 6.03 Å². The maximum atomic E-state index is 13.5. The van der Waals surface area contributed by atoms with E-state index in [0.717, 1.165) is 11.4 Å². The lowest BCUT2D eigenvalue weighted by atomic mass is 10.0. The van der Waals surface area contributed by atoms with Crippen molar-refractivity contribution in [1.82, 2.24) is 15.2 Å². The SMILES string of the molecule is CC[C@H](NC(=O)N1C[C@@H](O)C[C@H]1c1cccc(F)c1)c1nccs1. The molecule has 0 unspecified atom stereocenters. The summed E-state index contributed by atoms with van der Waals surface area (Å²) in [4.78, 5) is 18.5. The number of rotatable bonds is 4. The van der Waals surface area contributed by atoms with E-state index in [1.807, 2.05) is 12.3 Å². The fourth-order valence-electron chi connectivity index (χ4n) is 3.05. The van der Waals surface area contributed by atoms with Crippen molar-refractivity contribution in [1.29, 1.82) is 0 Å². The minimum Gasteiger partial charge on any atom is -0.391 e. The fraction of sp³-hybridized carbons (Fsp3) is 0.412. The van der Waals surface area contributed by atoms with Gasteiger partial charge in [0.2, 0.25) is 0 Å². The largest absolute Gasteiger partial charge is 0.391 e.